The number of aryl methyl sites for hydroxylation is 1. The van der Waals surface area contributed by atoms with E-state index < -0.39 is 11.7 Å². The SMILES string of the molecule is CCc1nc2cc(C(F)(F)F)c(Cl)cc2n1-c1ccc(CCO)cc1. The summed E-state index contributed by atoms with van der Waals surface area (Å²) in [5.74, 6) is 0.653. The third-order valence-corrected chi connectivity index (χ3v) is 4.34. The van der Waals surface area contributed by atoms with Gasteiger partial charge >= 0.3 is 6.18 Å². The number of hydrogen-bond donors (Lipinski definition) is 1. The molecular formula is C18H16ClF3N2O. The first kappa shape index (κ1) is 17.8. The molecule has 132 valence electrons. The molecular weight excluding hydrogens is 353 g/mol. The van der Waals surface area contributed by atoms with Gasteiger partial charge in [-0.15, -0.1) is 0 Å². The highest BCUT2D eigenvalue weighted by Gasteiger charge is 2.34. The fourth-order valence-corrected chi connectivity index (χ4v) is 3.10. The van der Waals surface area contributed by atoms with Crippen molar-refractivity contribution < 1.29 is 18.3 Å². The van der Waals surface area contributed by atoms with Crippen molar-refractivity contribution in [2.45, 2.75) is 25.9 Å². The van der Waals surface area contributed by atoms with Crippen molar-refractivity contribution in [1.82, 2.24) is 9.55 Å². The van der Waals surface area contributed by atoms with Crippen LogP contribution in [0, 0.1) is 0 Å². The zero-order chi connectivity index (χ0) is 18.2. The number of benzene rings is 2. The van der Waals surface area contributed by atoms with Crippen LogP contribution in [0.15, 0.2) is 36.4 Å². The number of hydrogen-bond acceptors (Lipinski definition) is 2. The van der Waals surface area contributed by atoms with Crippen LogP contribution in [0.4, 0.5) is 13.2 Å². The van der Waals surface area contributed by atoms with E-state index in [1.165, 1.54) is 6.07 Å². The van der Waals surface area contributed by atoms with E-state index in [4.69, 9.17) is 16.7 Å². The van der Waals surface area contributed by atoms with E-state index in [1.807, 2.05) is 35.8 Å². The molecule has 1 N–H and O–H groups in total. The van der Waals surface area contributed by atoms with Crippen molar-refractivity contribution in [3.05, 3.63) is 58.4 Å². The maximum absolute atomic E-state index is 13.1. The molecule has 0 bridgehead atoms. The minimum absolute atomic E-state index is 0.0589. The number of nitrogens with zero attached hydrogens (tertiary/aromatic N) is 2. The molecule has 0 aliphatic rings. The maximum atomic E-state index is 13.1. The molecule has 3 nitrogen and oxygen atoms in total. The summed E-state index contributed by atoms with van der Waals surface area (Å²) in [5, 5.41) is 8.65. The van der Waals surface area contributed by atoms with Crippen molar-refractivity contribution in [3.8, 4) is 5.69 Å². The topological polar surface area (TPSA) is 38.0 Å². The standard InChI is InChI=1S/C18H16ClF3N2O/c1-2-17-23-15-9-13(18(20,21)22)14(19)10-16(15)24(17)12-5-3-11(4-6-12)7-8-25/h3-6,9-10,25H,2,7-8H2,1H3. The molecule has 0 amide bonds. The summed E-state index contributed by atoms with van der Waals surface area (Å²) in [7, 11) is 0. The number of aliphatic hydroxyl groups excluding tert-OH is 1. The first-order valence-electron chi connectivity index (χ1n) is 7.83. The van der Waals surface area contributed by atoms with E-state index in [-0.39, 0.29) is 17.1 Å². The Bertz CT molecular complexity index is 901. The molecule has 2 aromatic carbocycles. The van der Waals surface area contributed by atoms with Gasteiger partial charge in [0.25, 0.3) is 0 Å². The van der Waals surface area contributed by atoms with Gasteiger partial charge in [-0.1, -0.05) is 30.7 Å². The second-order valence-electron chi connectivity index (χ2n) is 5.68. The molecule has 0 radical (unpaired) electrons. The molecule has 1 heterocycles. The second kappa shape index (κ2) is 6.69. The third kappa shape index (κ3) is 3.37. The Morgan fingerprint density at radius 1 is 1.16 bits per heavy atom. The molecule has 0 aliphatic heterocycles. The Morgan fingerprint density at radius 3 is 2.40 bits per heavy atom. The smallest absolute Gasteiger partial charge is 0.396 e. The van der Waals surface area contributed by atoms with Gasteiger partial charge in [-0.2, -0.15) is 13.2 Å². The third-order valence-electron chi connectivity index (χ3n) is 4.03. The molecule has 1 aromatic heterocycles. The molecule has 0 atom stereocenters. The molecule has 25 heavy (non-hydrogen) atoms. The first-order valence-corrected chi connectivity index (χ1v) is 8.21. The van der Waals surface area contributed by atoms with E-state index >= 15 is 0 Å². The quantitative estimate of drug-likeness (QED) is 0.718. The van der Waals surface area contributed by atoms with Crippen molar-refractivity contribution in [2.75, 3.05) is 6.61 Å². The summed E-state index contributed by atoms with van der Waals surface area (Å²) in [6.07, 6.45) is -3.41. The maximum Gasteiger partial charge on any atom is 0.417 e. The van der Waals surface area contributed by atoms with Gasteiger partial charge < -0.3 is 5.11 Å². The highest BCUT2D eigenvalue weighted by Crippen LogP contribution is 2.37. The van der Waals surface area contributed by atoms with Gasteiger partial charge in [-0.3, -0.25) is 4.57 Å². The average molecular weight is 369 g/mol. The summed E-state index contributed by atoms with van der Waals surface area (Å²) < 4.78 is 41.0. The van der Waals surface area contributed by atoms with Crippen molar-refractivity contribution >= 4 is 22.6 Å². The van der Waals surface area contributed by atoms with Gasteiger partial charge in [0, 0.05) is 18.7 Å². The van der Waals surface area contributed by atoms with Crippen molar-refractivity contribution in [1.29, 1.82) is 0 Å². The molecule has 0 saturated heterocycles. The molecule has 0 unspecified atom stereocenters. The van der Waals surface area contributed by atoms with Gasteiger partial charge in [0.05, 0.1) is 21.6 Å². The fraction of sp³-hybridized carbons (Fsp3) is 0.278. The molecule has 3 aromatic rings. The minimum atomic E-state index is -4.52. The lowest BCUT2D eigenvalue weighted by atomic mass is 10.1. The van der Waals surface area contributed by atoms with Gasteiger partial charge in [-0.05, 0) is 36.2 Å². The molecule has 0 saturated carbocycles. The molecule has 0 fully saturated rings. The highest BCUT2D eigenvalue weighted by atomic mass is 35.5. The number of halogens is 4. The number of fused-ring (bicyclic) bond motifs is 1. The largest absolute Gasteiger partial charge is 0.417 e. The Balaban J connectivity index is 2.18. The predicted molar refractivity (Wildman–Crippen MR) is 91.2 cm³/mol. The Morgan fingerprint density at radius 2 is 1.84 bits per heavy atom. The van der Waals surface area contributed by atoms with E-state index in [1.54, 1.807) is 0 Å². The Labute approximate surface area is 147 Å². The van der Waals surface area contributed by atoms with E-state index in [0.717, 1.165) is 17.3 Å². The summed E-state index contributed by atoms with van der Waals surface area (Å²) in [4.78, 5) is 4.35. The predicted octanol–water partition coefficient (Wildman–Crippen LogP) is 4.79. The number of aromatic nitrogens is 2. The fourth-order valence-electron chi connectivity index (χ4n) is 2.83. The highest BCUT2D eigenvalue weighted by molar-refractivity contribution is 6.32. The number of rotatable bonds is 4. The van der Waals surface area contributed by atoms with E-state index in [9.17, 15) is 13.2 Å². The minimum Gasteiger partial charge on any atom is -0.396 e. The average Bonchev–Trinajstić information content (AvgIpc) is 2.92. The van der Waals surface area contributed by atoms with Crippen LogP contribution in [-0.4, -0.2) is 21.3 Å². The van der Waals surface area contributed by atoms with Crippen molar-refractivity contribution in [3.63, 3.8) is 0 Å². The molecule has 0 spiro atoms. The van der Waals surface area contributed by atoms with Crippen LogP contribution in [0.1, 0.15) is 23.9 Å². The van der Waals surface area contributed by atoms with Gasteiger partial charge in [0.1, 0.15) is 5.82 Å². The lowest BCUT2D eigenvalue weighted by Crippen LogP contribution is -2.06. The van der Waals surface area contributed by atoms with E-state index in [2.05, 4.69) is 4.98 Å². The van der Waals surface area contributed by atoms with Crippen LogP contribution in [0.3, 0.4) is 0 Å². The summed E-state index contributed by atoms with van der Waals surface area (Å²) >= 11 is 5.88. The van der Waals surface area contributed by atoms with Gasteiger partial charge in [0.15, 0.2) is 0 Å². The van der Waals surface area contributed by atoms with Crippen LogP contribution in [-0.2, 0) is 19.0 Å². The number of alkyl halides is 3. The van der Waals surface area contributed by atoms with Crippen LogP contribution in [0.2, 0.25) is 5.02 Å². The summed E-state index contributed by atoms with van der Waals surface area (Å²) in [5.41, 5.74) is 1.67. The van der Waals surface area contributed by atoms with Crippen LogP contribution in [0.5, 0.6) is 0 Å². The number of aliphatic hydroxyl groups is 1. The lowest BCUT2D eigenvalue weighted by molar-refractivity contribution is -0.137. The zero-order valence-electron chi connectivity index (χ0n) is 13.4. The van der Waals surface area contributed by atoms with E-state index in [0.29, 0.717) is 24.2 Å². The van der Waals surface area contributed by atoms with Gasteiger partial charge in [-0.25, -0.2) is 4.98 Å². The molecule has 7 heteroatoms. The van der Waals surface area contributed by atoms with Crippen molar-refractivity contribution in [2.24, 2.45) is 0 Å². The Hall–Kier alpha value is -2.05. The summed E-state index contributed by atoms with van der Waals surface area (Å²) in [6, 6.07) is 9.78. The first-order chi connectivity index (χ1) is 11.8. The van der Waals surface area contributed by atoms with Gasteiger partial charge in [0.2, 0.25) is 0 Å². The molecule has 0 aliphatic carbocycles. The monoisotopic (exact) mass is 368 g/mol. The normalized spacial score (nSPS) is 12.1. The molecule has 3 rings (SSSR count). The lowest BCUT2D eigenvalue weighted by Gasteiger charge is -2.11. The van der Waals surface area contributed by atoms with Crippen LogP contribution >= 0.6 is 11.6 Å². The second-order valence-corrected chi connectivity index (χ2v) is 6.08. The Kier molecular flexibility index (Phi) is 4.75. The summed E-state index contributed by atoms with van der Waals surface area (Å²) in [6.45, 7) is 1.95. The van der Waals surface area contributed by atoms with Crippen LogP contribution in [0.25, 0.3) is 16.7 Å². The van der Waals surface area contributed by atoms with Crippen LogP contribution < -0.4 is 0 Å². The zero-order valence-corrected chi connectivity index (χ0v) is 14.2. The number of imidazole rings is 1.